The molecule has 3 N–H and O–H groups in total. The van der Waals surface area contributed by atoms with Gasteiger partial charge < -0.3 is 15.5 Å². The molecule has 98 valence electrons. The topological polar surface area (TPSA) is 69.6 Å². The van der Waals surface area contributed by atoms with Crippen LogP contribution in [-0.2, 0) is 4.79 Å². The van der Waals surface area contributed by atoms with Crippen molar-refractivity contribution in [2.75, 3.05) is 13.1 Å². The second-order valence-electron chi connectivity index (χ2n) is 5.76. The van der Waals surface area contributed by atoms with Crippen LogP contribution in [0.25, 0.3) is 0 Å². The number of carboxylic acids is 1. The highest BCUT2D eigenvalue weighted by Gasteiger charge is 2.35. The third kappa shape index (κ3) is 5.33. The van der Waals surface area contributed by atoms with Gasteiger partial charge in [-0.3, -0.25) is 0 Å². The van der Waals surface area contributed by atoms with Crippen LogP contribution in [-0.4, -0.2) is 34.9 Å². The summed E-state index contributed by atoms with van der Waals surface area (Å²) in [6, 6.07) is 0. The van der Waals surface area contributed by atoms with Gasteiger partial charge in [0.2, 0.25) is 0 Å². The van der Waals surface area contributed by atoms with Gasteiger partial charge in [0.25, 0.3) is 0 Å². The first-order chi connectivity index (χ1) is 7.83. The highest BCUT2D eigenvalue weighted by Crippen LogP contribution is 2.39. The van der Waals surface area contributed by atoms with Crippen LogP contribution in [0.2, 0.25) is 0 Å². The monoisotopic (exact) mass is 241 g/mol. The second-order valence-corrected chi connectivity index (χ2v) is 5.76. The first-order valence-corrected chi connectivity index (χ1v) is 6.16. The molecule has 0 spiro atoms. The number of aliphatic carboxylic acids is 1. The summed E-state index contributed by atoms with van der Waals surface area (Å²) in [6.45, 7) is 5.48. The SMILES string of the molecule is CC1(C)CCC(O)(CNC/C=C/C(=O)O)CC1. The maximum atomic E-state index is 10.3. The quantitative estimate of drug-likeness (QED) is 0.504. The summed E-state index contributed by atoms with van der Waals surface area (Å²) < 4.78 is 0. The van der Waals surface area contributed by atoms with Crippen molar-refractivity contribution in [1.29, 1.82) is 0 Å². The Labute approximate surface area is 103 Å². The van der Waals surface area contributed by atoms with Crippen molar-refractivity contribution in [2.24, 2.45) is 5.41 Å². The molecule has 1 fully saturated rings. The molecule has 0 aromatic carbocycles. The Morgan fingerprint density at radius 3 is 2.41 bits per heavy atom. The molecule has 0 amide bonds. The van der Waals surface area contributed by atoms with E-state index in [4.69, 9.17) is 5.11 Å². The molecule has 4 heteroatoms. The van der Waals surface area contributed by atoms with Crippen LogP contribution in [0.1, 0.15) is 39.5 Å². The Hall–Kier alpha value is -0.870. The number of aliphatic hydroxyl groups is 1. The van der Waals surface area contributed by atoms with Crippen LogP contribution in [0.4, 0.5) is 0 Å². The first-order valence-electron chi connectivity index (χ1n) is 6.16. The third-order valence-corrected chi connectivity index (χ3v) is 3.51. The van der Waals surface area contributed by atoms with E-state index < -0.39 is 11.6 Å². The maximum Gasteiger partial charge on any atom is 0.328 e. The molecule has 17 heavy (non-hydrogen) atoms. The highest BCUT2D eigenvalue weighted by atomic mass is 16.4. The van der Waals surface area contributed by atoms with Gasteiger partial charge in [-0.1, -0.05) is 19.9 Å². The molecule has 0 atom stereocenters. The van der Waals surface area contributed by atoms with Crippen LogP contribution >= 0.6 is 0 Å². The lowest BCUT2D eigenvalue weighted by Crippen LogP contribution is -2.45. The lowest BCUT2D eigenvalue weighted by molar-refractivity contribution is -0.131. The van der Waals surface area contributed by atoms with Gasteiger partial charge in [0.1, 0.15) is 0 Å². The second kappa shape index (κ2) is 5.65. The summed E-state index contributed by atoms with van der Waals surface area (Å²) in [6.07, 6.45) is 6.37. The van der Waals surface area contributed by atoms with Gasteiger partial charge in [-0.15, -0.1) is 0 Å². The molecule has 1 aliphatic carbocycles. The van der Waals surface area contributed by atoms with Gasteiger partial charge in [-0.2, -0.15) is 0 Å². The fourth-order valence-corrected chi connectivity index (χ4v) is 2.12. The van der Waals surface area contributed by atoms with Gasteiger partial charge in [0, 0.05) is 19.2 Å². The minimum atomic E-state index is -0.940. The van der Waals surface area contributed by atoms with Crippen LogP contribution < -0.4 is 5.32 Å². The highest BCUT2D eigenvalue weighted by molar-refractivity contribution is 5.79. The normalized spacial score (nSPS) is 22.8. The van der Waals surface area contributed by atoms with E-state index in [0.29, 0.717) is 18.5 Å². The molecule has 0 bridgehead atoms. The van der Waals surface area contributed by atoms with Crippen LogP contribution in [0.3, 0.4) is 0 Å². The van der Waals surface area contributed by atoms with E-state index in [0.717, 1.165) is 31.8 Å². The summed E-state index contributed by atoms with van der Waals surface area (Å²) in [5.74, 6) is -0.940. The summed E-state index contributed by atoms with van der Waals surface area (Å²) >= 11 is 0. The average Bonchev–Trinajstić information content (AvgIpc) is 2.23. The fourth-order valence-electron chi connectivity index (χ4n) is 2.12. The number of carboxylic acid groups (broad SMARTS) is 1. The van der Waals surface area contributed by atoms with Crippen molar-refractivity contribution in [3.63, 3.8) is 0 Å². The van der Waals surface area contributed by atoms with Gasteiger partial charge >= 0.3 is 5.97 Å². The Balaban J connectivity index is 2.25. The summed E-state index contributed by atoms with van der Waals surface area (Å²) in [4.78, 5) is 10.2. The van der Waals surface area contributed by atoms with E-state index in [1.165, 1.54) is 0 Å². The van der Waals surface area contributed by atoms with E-state index in [1.54, 1.807) is 6.08 Å². The third-order valence-electron chi connectivity index (χ3n) is 3.51. The zero-order valence-corrected chi connectivity index (χ0v) is 10.7. The number of rotatable bonds is 5. The van der Waals surface area contributed by atoms with Gasteiger partial charge in [-0.05, 0) is 31.1 Å². The van der Waals surface area contributed by atoms with E-state index in [2.05, 4.69) is 19.2 Å². The number of hydrogen-bond acceptors (Lipinski definition) is 3. The Morgan fingerprint density at radius 2 is 1.88 bits per heavy atom. The van der Waals surface area contributed by atoms with Crippen LogP contribution in [0.5, 0.6) is 0 Å². The lowest BCUT2D eigenvalue weighted by atomic mass is 9.71. The van der Waals surface area contributed by atoms with Crippen molar-refractivity contribution >= 4 is 5.97 Å². The van der Waals surface area contributed by atoms with Gasteiger partial charge in [-0.25, -0.2) is 4.79 Å². The van der Waals surface area contributed by atoms with E-state index >= 15 is 0 Å². The predicted octanol–water partition coefficient (Wildman–Crippen LogP) is 1.55. The smallest absolute Gasteiger partial charge is 0.328 e. The van der Waals surface area contributed by atoms with Crippen molar-refractivity contribution in [2.45, 2.75) is 45.1 Å². The molecule has 1 rings (SSSR count). The van der Waals surface area contributed by atoms with E-state index in [9.17, 15) is 9.90 Å². The number of hydrogen-bond donors (Lipinski definition) is 3. The number of carbonyl (C=O) groups is 1. The summed E-state index contributed by atoms with van der Waals surface area (Å²) in [5.41, 5.74) is -0.276. The van der Waals surface area contributed by atoms with Gasteiger partial charge in [0.05, 0.1) is 5.60 Å². The molecule has 1 aliphatic rings. The molecule has 0 aliphatic heterocycles. The molecule has 0 saturated heterocycles. The standard InChI is InChI=1S/C13H23NO3/c1-12(2)5-7-13(17,8-6-12)10-14-9-3-4-11(15)16/h3-4,14,17H,5-10H2,1-2H3,(H,15,16)/b4-3+. The molecule has 0 unspecified atom stereocenters. The zero-order chi connectivity index (χ0) is 12.9. The summed E-state index contributed by atoms with van der Waals surface area (Å²) in [7, 11) is 0. The van der Waals surface area contributed by atoms with Crippen molar-refractivity contribution in [3.8, 4) is 0 Å². The van der Waals surface area contributed by atoms with E-state index in [1.807, 2.05) is 0 Å². The Kier molecular flexibility index (Phi) is 4.71. The van der Waals surface area contributed by atoms with Crippen LogP contribution in [0, 0.1) is 5.41 Å². The van der Waals surface area contributed by atoms with Crippen LogP contribution in [0.15, 0.2) is 12.2 Å². The van der Waals surface area contributed by atoms with Gasteiger partial charge in [0.15, 0.2) is 0 Å². The molecule has 0 aromatic rings. The van der Waals surface area contributed by atoms with E-state index in [-0.39, 0.29) is 0 Å². The zero-order valence-electron chi connectivity index (χ0n) is 10.7. The molecule has 0 radical (unpaired) electrons. The predicted molar refractivity (Wildman–Crippen MR) is 66.8 cm³/mol. The Morgan fingerprint density at radius 1 is 1.29 bits per heavy atom. The minimum absolute atomic E-state index is 0.343. The maximum absolute atomic E-state index is 10.3. The first kappa shape index (κ1) is 14.2. The lowest BCUT2D eigenvalue weighted by Gasteiger charge is -2.40. The average molecular weight is 241 g/mol. The largest absolute Gasteiger partial charge is 0.478 e. The fraction of sp³-hybridized carbons (Fsp3) is 0.769. The summed E-state index contributed by atoms with van der Waals surface area (Å²) in [5, 5.41) is 21.8. The van der Waals surface area contributed by atoms with Crippen molar-refractivity contribution in [3.05, 3.63) is 12.2 Å². The van der Waals surface area contributed by atoms with Crippen molar-refractivity contribution < 1.29 is 15.0 Å². The minimum Gasteiger partial charge on any atom is -0.478 e. The molecule has 0 aromatic heterocycles. The molecule has 0 heterocycles. The van der Waals surface area contributed by atoms with Crippen molar-refractivity contribution in [1.82, 2.24) is 5.32 Å². The Bertz CT molecular complexity index is 287. The molecule has 4 nitrogen and oxygen atoms in total. The molecular formula is C13H23NO3. The molecule has 1 saturated carbocycles. The molecular weight excluding hydrogens is 218 g/mol. The number of nitrogens with one attached hydrogen (secondary N) is 1.